The summed E-state index contributed by atoms with van der Waals surface area (Å²) in [7, 11) is 0. The fourth-order valence-electron chi connectivity index (χ4n) is 2.33. The summed E-state index contributed by atoms with van der Waals surface area (Å²) in [5.41, 5.74) is 1.06. The zero-order chi connectivity index (χ0) is 17.8. The molecule has 0 spiro atoms. The van der Waals surface area contributed by atoms with Gasteiger partial charge in [0.1, 0.15) is 18.5 Å². The standard InChI is InChI=1S/C17H13FN4O3/c18-13-5-1-3-11(7-13)15(17(24)25)21-16(23)12-4-2-6-14(8-12)22-9-19-20-10-22/h1-10,15H,(H,21,23)(H,24,25). The van der Waals surface area contributed by atoms with Crippen LogP contribution < -0.4 is 5.32 Å². The number of hydrogen-bond donors (Lipinski definition) is 2. The monoisotopic (exact) mass is 340 g/mol. The maximum Gasteiger partial charge on any atom is 0.330 e. The van der Waals surface area contributed by atoms with Gasteiger partial charge in [-0.05, 0) is 35.9 Å². The van der Waals surface area contributed by atoms with E-state index in [-0.39, 0.29) is 11.1 Å². The van der Waals surface area contributed by atoms with E-state index in [1.165, 1.54) is 30.9 Å². The molecule has 1 amide bonds. The van der Waals surface area contributed by atoms with Crippen LogP contribution in [0.25, 0.3) is 5.69 Å². The zero-order valence-electron chi connectivity index (χ0n) is 12.8. The lowest BCUT2D eigenvalue weighted by atomic mass is 10.1. The van der Waals surface area contributed by atoms with Crippen molar-refractivity contribution in [3.05, 3.63) is 78.1 Å². The predicted octanol–water partition coefficient (Wildman–Crippen LogP) is 1.96. The molecule has 3 aromatic rings. The van der Waals surface area contributed by atoms with Gasteiger partial charge in [-0.2, -0.15) is 0 Å². The first-order valence-electron chi connectivity index (χ1n) is 7.29. The highest BCUT2D eigenvalue weighted by atomic mass is 19.1. The Morgan fingerprint density at radius 1 is 1.08 bits per heavy atom. The highest BCUT2D eigenvalue weighted by molar-refractivity contribution is 5.97. The number of carbonyl (C=O) groups is 2. The van der Waals surface area contributed by atoms with Crippen molar-refractivity contribution in [2.24, 2.45) is 0 Å². The summed E-state index contributed by atoms with van der Waals surface area (Å²) in [6, 6.07) is 10.3. The molecule has 8 heteroatoms. The van der Waals surface area contributed by atoms with Gasteiger partial charge in [-0.25, -0.2) is 9.18 Å². The smallest absolute Gasteiger partial charge is 0.330 e. The molecule has 0 saturated heterocycles. The Hall–Kier alpha value is -3.55. The first-order valence-corrected chi connectivity index (χ1v) is 7.29. The van der Waals surface area contributed by atoms with Crippen molar-refractivity contribution in [1.82, 2.24) is 20.1 Å². The van der Waals surface area contributed by atoms with Crippen molar-refractivity contribution >= 4 is 11.9 Å². The molecule has 2 aromatic carbocycles. The topological polar surface area (TPSA) is 97.1 Å². The molecule has 7 nitrogen and oxygen atoms in total. The van der Waals surface area contributed by atoms with E-state index < -0.39 is 23.7 Å². The van der Waals surface area contributed by atoms with Crippen molar-refractivity contribution in [1.29, 1.82) is 0 Å². The average Bonchev–Trinajstić information content (AvgIpc) is 3.14. The number of halogens is 1. The highest BCUT2D eigenvalue weighted by Crippen LogP contribution is 2.16. The Morgan fingerprint density at radius 2 is 1.80 bits per heavy atom. The van der Waals surface area contributed by atoms with E-state index in [2.05, 4.69) is 15.5 Å². The third-order valence-electron chi connectivity index (χ3n) is 3.53. The van der Waals surface area contributed by atoms with Crippen LogP contribution in [-0.4, -0.2) is 31.7 Å². The molecule has 0 aliphatic rings. The Kier molecular flexibility index (Phi) is 4.51. The molecule has 2 N–H and O–H groups in total. The minimum atomic E-state index is -1.36. The summed E-state index contributed by atoms with van der Waals surface area (Å²) in [4.78, 5) is 23.9. The van der Waals surface area contributed by atoms with Gasteiger partial charge in [0, 0.05) is 11.3 Å². The van der Waals surface area contributed by atoms with Gasteiger partial charge in [0.25, 0.3) is 5.91 Å². The third-order valence-corrected chi connectivity index (χ3v) is 3.53. The molecular formula is C17H13FN4O3. The zero-order valence-corrected chi connectivity index (χ0v) is 12.8. The van der Waals surface area contributed by atoms with Crippen molar-refractivity contribution in [3.8, 4) is 5.69 Å². The van der Waals surface area contributed by atoms with Crippen LogP contribution >= 0.6 is 0 Å². The van der Waals surface area contributed by atoms with Gasteiger partial charge in [0.05, 0.1) is 0 Å². The second kappa shape index (κ2) is 6.91. The first-order chi connectivity index (χ1) is 12.0. The van der Waals surface area contributed by atoms with Gasteiger partial charge in [-0.1, -0.05) is 18.2 Å². The van der Waals surface area contributed by atoms with E-state index in [0.717, 1.165) is 6.07 Å². The van der Waals surface area contributed by atoms with Gasteiger partial charge in [0.2, 0.25) is 0 Å². The largest absolute Gasteiger partial charge is 0.479 e. The number of rotatable bonds is 5. The van der Waals surface area contributed by atoms with Gasteiger partial charge in [0.15, 0.2) is 6.04 Å². The molecule has 1 unspecified atom stereocenters. The third kappa shape index (κ3) is 3.69. The fraction of sp³-hybridized carbons (Fsp3) is 0.0588. The molecule has 0 aliphatic heterocycles. The van der Waals surface area contributed by atoms with Crippen LogP contribution in [0.4, 0.5) is 4.39 Å². The molecule has 1 heterocycles. The van der Waals surface area contributed by atoms with Gasteiger partial charge in [-0.15, -0.1) is 10.2 Å². The molecule has 1 aromatic heterocycles. The van der Waals surface area contributed by atoms with Crippen LogP contribution in [0.1, 0.15) is 22.0 Å². The first kappa shape index (κ1) is 16.3. The van der Waals surface area contributed by atoms with E-state index >= 15 is 0 Å². The number of hydrogen-bond acceptors (Lipinski definition) is 4. The molecule has 25 heavy (non-hydrogen) atoms. The SMILES string of the molecule is O=C(NC(C(=O)O)c1cccc(F)c1)c1cccc(-n2cnnc2)c1. The lowest BCUT2D eigenvalue weighted by molar-refractivity contribution is -0.139. The van der Waals surface area contributed by atoms with Gasteiger partial charge >= 0.3 is 5.97 Å². The van der Waals surface area contributed by atoms with Crippen LogP contribution in [0, 0.1) is 5.82 Å². The number of carbonyl (C=O) groups excluding carboxylic acids is 1. The molecular weight excluding hydrogens is 327 g/mol. The Morgan fingerprint density at radius 3 is 2.48 bits per heavy atom. The molecule has 0 fully saturated rings. The van der Waals surface area contributed by atoms with E-state index in [9.17, 15) is 19.1 Å². The molecule has 0 bridgehead atoms. The Bertz CT molecular complexity index is 912. The maximum atomic E-state index is 13.3. The number of benzene rings is 2. The second-order valence-corrected chi connectivity index (χ2v) is 5.22. The highest BCUT2D eigenvalue weighted by Gasteiger charge is 2.23. The van der Waals surface area contributed by atoms with E-state index in [0.29, 0.717) is 5.69 Å². The predicted molar refractivity (Wildman–Crippen MR) is 85.6 cm³/mol. The fourth-order valence-corrected chi connectivity index (χ4v) is 2.33. The maximum absolute atomic E-state index is 13.3. The minimum absolute atomic E-state index is 0.149. The van der Waals surface area contributed by atoms with Crippen molar-refractivity contribution in [2.75, 3.05) is 0 Å². The number of carboxylic acids is 1. The van der Waals surface area contributed by atoms with E-state index in [1.807, 2.05) is 0 Å². The molecule has 0 radical (unpaired) electrons. The van der Waals surface area contributed by atoms with Crippen molar-refractivity contribution < 1.29 is 19.1 Å². The van der Waals surface area contributed by atoms with Crippen LogP contribution in [0.2, 0.25) is 0 Å². The molecule has 1 atom stereocenters. The minimum Gasteiger partial charge on any atom is -0.479 e. The summed E-state index contributed by atoms with van der Waals surface area (Å²) < 4.78 is 15.0. The molecule has 3 rings (SSSR count). The van der Waals surface area contributed by atoms with Gasteiger partial charge in [-0.3, -0.25) is 9.36 Å². The number of nitrogens with one attached hydrogen (secondary N) is 1. The molecule has 0 saturated carbocycles. The number of nitrogens with zero attached hydrogens (tertiary/aromatic N) is 3. The van der Waals surface area contributed by atoms with Crippen LogP contribution in [0.3, 0.4) is 0 Å². The summed E-state index contributed by atoms with van der Waals surface area (Å²) in [6.07, 6.45) is 2.95. The van der Waals surface area contributed by atoms with E-state index in [4.69, 9.17) is 0 Å². The summed E-state index contributed by atoms with van der Waals surface area (Å²) >= 11 is 0. The lowest BCUT2D eigenvalue weighted by Crippen LogP contribution is -2.33. The second-order valence-electron chi connectivity index (χ2n) is 5.22. The van der Waals surface area contributed by atoms with Crippen LogP contribution in [-0.2, 0) is 4.79 Å². The molecule has 0 aliphatic carbocycles. The number of aliphatic carboxylic acids is 1. The number of amides is 1. The Labute approximate surface area is 141 Å². The summed E-state index contributed by atoms with van der Waals surface area (Å²) in [5.74, 6) is -2.45. The normalized spacial score (nSPS) is 11.7. The van der Waals surface area contributed by atoms with E-state index in [1.54, 1.807) is 28.8 Å². The van der Waals surface area contributed by atoms with Crippen molar-refractivity contribution in [3.63, 3.8) is 0 Å². The Balaban J connectivity index is 1.85. The summed E-state index contributed by atoms with van der Waals surface area (Å²) in [5, 5.41) is 19.1. The van der Waals surface area contributed by atoms with Crippen molar-refractivity contribution in [2.45, 2.75) is 6.04 Å². The number of aromatic nitrogens is 3. The lowest BCUT2D eigenvalue weighted by Gasteiger charge is -2.15. The van der Waals surface area contributed by atoms with Gasteiger partial charge < -0.3 is 10.4 Å². The number of carboxylic acid groups (broad SMARTS) is 1. The van der Waals surface area contributed by atoms with Crippen LogP contribution in [0.5, 0.6) is 0 Å². The quantitative estimate of drug-likeness (QED) is 0.740. The summed E-state index contributed by atoms with van der Waals surface area (Å²) in [6.45, 7) is 0. The molecule has 126 valence electrons. The average molecular weight is 340 g/mol. The van der Waals surface area contributed by atoms with Crippen LogP contribution in [0.15, 0.2) is 61.2 Å².